The second kappa shape index (κ2) is 5.90. The van der Waals surface area contributed by atoms with Gasteiger partial charge in [0.15, 0.2) is 0 Å². The molecule has 1 aromatic heterocycles. The standard InChI is InChI=1S/C13H13N3O4S/c1-20-12-5-4-10(21(14,18)19)7-11(12)13(17)16-9-3-2-6-15-8-9/h2-8H,1H3,(H,16,17)(H2,14,18,19). The van der Waals surface area contributed by atoms with E-state index in [4.69, 9.17) is 9.88 Å². The van der Waals surface area contributed by atoms with Crippen LogP contribution in [0.3, 0.4) is 0 Å². The molecule has 0 atom stereocenters. The van der Waals surface area contributed by atoms with Gasteiger partial charge in [-0.25, -0.2) is 13.6 Å². The summed E-state index contributed by atoms with van der Waals surface area (Å²) in [4.78, 5) is 15.9. The fourth-order valence-corrected chi connectivity index (χ4v) is 2.22. The van der Waals surface area contributed by atoms with Crippen molar-refractivity contribution in [1.29, 1.82) is 0 Å². The van der Waals surface area contributed by atoms with Gasteiger partial charge in [-0.15, -0.1) is 0 Å². The second-order valence-electron chi connectivity index (χ2n) is 4.10. The summed E-state index contributed by atoms with van der Waals surface area (Å²) in [6.07, 6.45) is 3.03. The molecular formula is C13H13N3O4S. The van der Waals surface area contributed by atoms with Gasteiger partial charge in [0.25, 0.3) is 5.91 Å². The van der Waals surface area contributed by atoms with Crippen molar-refractivity contribution in [2.45, 2.75) is 4.90 Å². The van der Waals surface area contributed by atoms with Crippen molar-refractivity contribution in [3.8, 4) is 5.75 Å². The number of hydrogen-bond acceptors (Lipinski definition) is 5. The summed E-state index contributed by atoms with van der Waals surface area (Å²) in [6.45, 7) is 0. The van der Waals surface area contributed by atoms with Crippen LogP contribution in [-0.4, -0.2) is 26.4 Å². The number of ether oxygens (including phenoxy) is 1. The van der Waals surface area contributed by atoms with Gasteiger partial charge >= 0.3 is 0 Å². The lowest BCUT2D eigenvalue weighted by molar-refractivity contribution is 0.102. The molecule has 2 rings (SSSR count). The summed E-state index contributed by atoms with van der Waals surface area (Å²) >= 11 is 0. The van der Waals surface area contributed by atoms with Crippen LogP contribution in [-0.2, 0) is 10.0 Å². The third kappa shape index (κ3) is 3.56. The lowest BCUT2D eigenvalue weighted by Gasteiger charge is -2.10. The molecule has 0 spiro atoms. The van der Waals surface area contributed by atoms with Crippen LogP contribution in [0.5, 0.6) is 5.75 Å². The van der Waals surface area contributed by atoms with Gasteiger partial charge in [-0.1, -0.05) is 0 Å². The number of nitrogens with two attached hydrogens (primary N) is 1. The highest BCUT2D eigenvalue weighted by Crippen LogP contribution is 2.23. The fourth-order valence-electron chi connectivity index (χ4n) is 1.68. The van der Waals surface area contributed by atoms with Crippen molar-refractivity contribution in [3.05, 3.63) is 48.3 Å². The van der Waals surface area contributed by atoms with E-state index in [1.807, 2.05) is 0 Å². The molecule has 7 nitrogen and oxygen atoms in total. The number of rotatable bonds is 4. The molecule has 2 aromatic rings. The summed E-state index contributed by atoms with van der Waals surface area (Å²) in [7, 11) is -2.52. The fraction of sp³-hybridized carbons (Fsp3) is 0.0769. The molecule has 0 saturated heterocycles. The lowest BCUT2D eigenvalue weighted by atomic mass is 10.2. The number of carbonyl (C=O) groups is 1. The van der Waals surface area contributed by atoms with Crippen molar-refractivity contribution in [1.82, 2.24) is 4.98 Å². The van der Waals surface area contributed by atoms with Crippen molar-refractivity contribution >= 4 is 21.6 Å². The van der Waals surface area contributed by atoms with Crippen LogP contribution in [0.4, 0.5) is 5.69 Å². The molecule has 0 bridgehead atoms. The SMILES string of the molecule is COc1ccc(S(N)(=O)=O)cc1C(=O)Nc1cccnc1. The molecule has 110 valence electrons. The lowest BCUT2D eigenvalue weighted by Crippen LogP contribution is -2.16. The van der Waals surface area contributed by atoms with E-state index < -0.39 is 15.9 Å². The molecule has 0 aliphatic carbocycles. The van der Waals surface area contributed by atoms with Crippen LogP contribution in [0.1, 0.15) is 10.4 Å². The van der Waals surface area contributed by atoms with E-state index in [2.05, 4.69) is 10.3 Å². The van der Waals surface area contributed by atoms with Gasteiger partial charge in [0.1, 0.15) is 5.75 Å². The first-order valence-corrected chi connectivity index (χ1v) is 7.38. The monoisotopic (exact) mass is 307 g/mol. The topological polar surface area (TPSA) is 111 Å². The molecule has 8 heteroatoms. The third-order valence-corrected chi connectivity index (χ3v) is 3.57. The first kappa shape index (κ1) is 14.9. The Kier molecular flexibility index (Phi) is 4.20. The molecule has 0 aliphatic heterocycles. The van der Waals surface area contributed by atoms with Gasteiger partial charge in [0.05, 0.1) is 29.5 Å². The zero-order valence-corrected chi connectivity index (χ0v) is 11.9. The minimum atomic E-state index is -3.90. The minimum absolute atomic E-state index is 0.0629. The number of aromatic nitrogens is 1. The Bertz CT molecular complexity index is 760. The molecule has 1 heterocycles. The van der Waals surface area contributed by atoms with Crippen LogP contribution in [0, 0.1) is 0 Å². The van der Waals surface area contributed by atoms with Crippen LogP contribution >= 0.6 is 0 Å². The Morgan fingerprint density at radius 1 is 1.33 bits per heavy atom. The Hall–Kier alpha value is -2.45. The number of carbonyl (C=O) groups excluding carboxylic acids is 1. The smallest absolute Gasteiger partial charge is 0.259 e. The number of nitrogens with zero attached hydrogens (tertiary/aromatic N) is 1. The molecule has 3 N–H and O–H groups in total. The molecule has 0 radical (unpaired) electrons. The summed E-state index contributed by atoms with van der Waals surface area (Å²) in [5.41, 5.74) is 0.540. The molecule has 1 amide bonds. The number of methoxy groups -OCH3 is 1. The van der Waals surface area contributed by atoms with Crippen LogP contribution in [0.2, 0.25) is 0 Å². The number of nitrogens with one attached hydrogen (secondary N) is 1. The maximum absolute atomic E-state index is 12.2. The van der Waals surface area contributed by atoms with E-state index in [0.717, 1.165) is 0 Å². The number of benzene rings is 1. The Morgan fingerprint density at radius 2 is 2.10 bits per heavy atom. The molecular weight excluding hydrogens is 294 g/mol. The zero-order valence-electron chi connectivity index (χ0n) is 11.1. The van der Waals surface area contributed by atoms with E-state index in [1.54, 1.807) is 18.3 Å². The molecule has 0 fully saturated rings. The average Bonchev–Trinajstić information content (AvgIpc) is 2.46. The predicted octanol–water partition coefficient (Wildman–Crippen LogP) is 0.990. The number of hydrogen-bond donors (Lipinski definition) is 2. The van der Waals surface area contributed by atoms with Crippen molar-refractivity contribution in [2.24, 2.45) is 5.14 Å². The summed E-state index contributed by atoms with van der Waals surface area (Å²) in [6, 6.07) is 7.13. The van der Waals surface area contributed by atoms with E-state index >= 15 is 0 Å². The molecule has 0 aliphatic rings. The molecule has 0 saturated carbocycles. The maximum Gasteiger partial charge on any atom is 0.259 e. The highest BCUT2D eigenvalue weighted by Gasteiger charge is 2.17. The summed E-state index contributed by atoms with van der Waals surface area (Å²) in [5, 5.41) is 7.65. The quantitative estimate of drug-likeness (QED) is 0.875. The van der Waals surface area contributed by atoms with Gasteiger partial charge < -0.3 is 10.1 Å². The van der Waals surface area contributed by atoms with Crippen molar-refractivity contribution in [3.63, 3.8) is 0 Å². The normalized spacial score (nSPS) is 11.0. The van der Waals surface area contributed by atoms with Crippen molar-refractivity contribution < 1.29 is 17.9 Å². The maximum atomic E-state index is 12.2. The van der Waals surface area contributed by atoms with Gasteiger partial charge in [0.2, 0.25) is 10.0 Å². The van der Waals surface area contributed by atoms with Gasteiger partial charge in [-0.05, 0) is 30.3 Å². The number of pyridine rings is 1. The Balaban J connectivity index is 2.39. The molecule has 21 heavy (non-hydrogen) atoms. The van der Waals surface area contributed by atoms with E-state index in [1.165, 1.54) is 31.5 Å². The van der Waals surface area contributed by atoms with Crippen molar-refractivity contribution in [2.75, 3.05) is 12.4 Å². The minimum Gasteiger partial charge on any atom is -0.496 e. The third-order valence-electron chi connectivity index (χ3n) is 2.66. The average molecular weight is 307 g/mol. The van der Waals surface area contributed by atoms with Gasteiger partial charge in [-0.3, -0.25) is 9.78 Å². The largest absolute Gasteiger partial charge is 0.496 e. The number of amides is 1. The number of sulfonamides is 1. The Morgan fingerprint density at radius 3 is 2.67 bits per heavy atom. The van der Waals surface area contributed by atoms with Crippen LogP contribution in [0.15, 0.2) is 47.6 Å². The zero-order chi connectivity index (χ0) is 15.5. The predicted molar refractivity (Wildman–Crippen MR) is 76.6 cm³/mol. The second-order valence-corrected chi connectivity index (χ2v) is 5.66. The molecule has 0 unspecified atom stereocenters. The first-order chi connectivity index (χ1) is 9.91. The highest BCUT2D eigenvalue weighted by molar-refractivity contribution is 7.89. The van der Waals surface area contributed by atoms with Gasteiger partial charge in [0, 0.05) is 6.20 Å². The van der Waals surface area contributed by atoms with E-state index in [-0.39, 0.29) is 16.2 Å². The highest BCUT2D eigenvalue weighted by atomic mass is 32.2. The van der Waals surface area contributed by atoms with Crippen LogP contribution < -0.4 is 15.2 Å². The van der Waals surface area contributed by atoms with E-state index in [0.29, 0.717) is 5.69 Å². The Labute approximate surface area is 121 Å². The number of primary sulfonamides is 1. The molecule has 1 aromatic carbocycles. The van der Waals surface area contributed by atoms with Crippen LogP contribution in [0.25, 0.3) is 0 Å². The van der Waals surface area contributed by atoms with Gasteiger partial charge in [-0.2, -0.15) is 0 Å². The van der Waals surface area contributed by atoms with E-state index in [9.17, 15) is 13.2 Å². The number of anilines is 1. The summed E-state index contributed by atoms with van der Waals surface area (Å²) in [5.74, 6) is -0.283. The first-order valence-electron chi connectivity index (χ1n) is 5.84. The summed E-state index contributed by atoms with van der Waals surface area (Å²) < 4.78 is 27.8.